The molecule has 0 N–H and O–H groups in total. The van der Waals surface area contributed by atoms with Gasteiger partial charge in [0.15, 0.2) is 5.76 Å². The molecule has 2 nitrogen and oxygen atoms in total. The molecule has 1 aliphatic heterocycles. The number of carbonyl (C=O) groups excluding carboxylic acids is 1. The standard InChI is InChI=1S/C8H6Br2O2/c1-2-3-5-4-6(11)12-7(5)8(9)10/h2,4H,1,3H2. The van der Waals surface area contributed by atoms with Crippen LogP contribution in [-0.2, 0) is 9.53 Å². The third-order valence-corrected chi connectivity index (χ3v) is 2.04. The maximum absolute atomic E-state index is 10.8. The zero-order valence-electron chi connectivity index (χ0n) is 6.14. The molecule has 0 spiro atoms. The van der Waals surface area contributed by atoms with Gasteiger partial charge < -0.3 is 4.74 Å². The van der Waals surface area contributed by atoms with Gasteiger partial charge in [0.25, 0.3) is 0 Å². The van der Waals surface area contributed by atoms with Crippen LogP contribution in [0.3, 0.4) is 0 Å². The van der Waals surface area contributed by atoms with Gasteiger partial charge in [0.05, 0.1) is 0 Å². The average molecular weight is 294 g/mol. The first-order chi connectivity index (χ1) is 5.65. The number of hydrogen-bond acceptors (Lipinski definition) is 2. The van der Waals surface area contributed by atoms with Gasteiger partial charge in [-0.3, -0.25) is 0 Å². The van der Waals surface area contributed by atoms with Gasteiger partial charge in [-0.05, 0) is 38.3 Å². The summed E-state index contributed by atoms with van der Waals surface area (Å²) in [6.07, 6.45) is 3.80. The molecule has 0 saturated carbocycles. The second kappa shape index (κ2) is 4.05. The molecule has 1 rings (SSSR count). The Morgan fingerprint density at radius 3 is 2.83 bits per heavy atom. The molecule has 0 bridgehead atoms. The van der Waals surface area contributed by atoms with Gasteiger partial charge >= 0.3 is 5.97 Å². The van der Waals surface area contributed by atoms with E-state index >= 15 is 0 Å². The lowest BCUT2D eigenvalue weighted by molar-refractivity contribution is -0.132. The van der Waals surface area contributed by atoms with Crippen molar-refractivity contribution < 1.29 is 9.53 Å². The predicted molar refractivity (Wildman–Crippen MR) is 53.9 cm³/mol. The van der Waals surface area contributed by atoms with Crippen LogP contribution in [-0.4, -0.2) is 5.97 Å². The Kier molecular flexibility index (Phi) is 3.29. The van der Waals surface area contributed by atoms with E-state index in [-0.39, 0.29) is 5.97 Å². The van der Waals surface area contributed by atoms with Gasteiger partial charge in [-0.2, -0.15) is 0 Å². The summed E-state index contributed by atoms with van der Waals surface area (Å²) in [6.45, 7) is 3.58. The first-order valence-electron chi connectivity index (χ1n) is 3.24. The molecule has 0 saturated heterocycles. The summed E-state index contributed by atoms with van der Waals surface area (Å²) in [4.78, 5) is 10.8. The summed E-state index contributed by atoms with van der Waals surface area (Å²) in [5.74, 6) is 0.207. The van der Waals surface area contributed by atoms with Gasteiger partial charge in [0.1, 0.15) is 3.39 Å². The van der Waals surface area contributed by atoms with E-state index in [9.17, 15) is 4.79 Å². The van der Waals surface area contributed by atoms with Gasteiger partial charge in [-0.1, -0.05) is 6.08 Å². The Hall–Kier alpha value is -0.350. The molecule has 0 amide bonds. The zero-order chi connectivity index (χ0) is 9.14. The molecule has 0 aromatic heterocycles. The monoisotopic (exact) mass is 292 g/mol. The lowest BCUT2D eigenvalue weighted by Gasteiger charge is -2.00. The van der Waals surface area contributed by atoms with Crippen molar-refractivity contribution in [1.82, 2.24) is 0 Å². The number of cyclic esters (lactones) is 1. The maximum atomic E-state index is 10.8. The number of carbonyl (C=O) groups is 1. The molecule has 0 atom stereocenters. The van der Waals surface area contributed by atoms with Crippen LogP contribution in [0.5, 0.6) is 0 Å². The summed E-state index contributed by atoms with van der Waals surface area (Å²) in [5.41, 5.74) is 0.832. The van der Waals surface area contributed by atoms with Gasteiger partial charge in [0, 0.05) is 11.6 Å². The molecule has 12 heavy (non-hydrogen) atoms. The van der Waals surface area contributed by atoms with Crippen LogP contribution in [0.4, 0.5) is 0 Å². The molecule has 4 heteroatoms. The lowest BCUT2D eigenvalue weighted by Crippen LogP contribution is -1.91. The molecular weight excluding hydrogens is 288 g/mol. The summed E-state index contributed by atoms with van der Waals surface area (Å²) < 4.78 is 5.54. The van der Waals surface area contributed by atoms with Crippen molar-refractivity contribution in [3.63, 3.8) is 0 Å². The van der Waals surface area contributed by atoms with E-state index in [0.29, 0.717) is 15.6 Å². The van der Waals surface area contributed by atoms with Crippen LogP contribution < -0.4 is 0 Å². The number of rotatable bonds is 2. The highest BCUT2D eigenvalue weighted by molar-refractivity contribution is 9.28. The van der Waals surface area contributed by atoms with Gasteiger partial charge in [0.2, 0.25) is 0 Å². The number of allylic oxidation sites excluding steroid dienone is 2. The van der Waals surface area contributed by atoms with Crippen molar-refractivity contribution in [3.8, 4) is 0 Å². The minimum absolute atomic E-state index is 0.335. The average Bonchev–Trinajstić information content (AvgIpc) is 2.32. The minimum Gasteiger partial charge on any atom is -0.421 e. The van der Waals surface area contributed by atoms with E-state index < -0.39 is 0 Å². The Bertz CT molecular complexity index is 285. The van der Waals surface area contributed by atoms with E-state index in [4.69, 9.17) is 4.74 Å². The molecule has 0 fully saturated rings. The fourth-order valence-corrected chi connectivity index (χ4v) is 1.54. The van der Waals surface area contributed by atoms with Crippen LogP contribution in [0.1, 0.15) is 6.42 Å². The summed E-state index contributed by atoms with van der Waals surface area (Å²) >= 11 is 6.37. The Labute approximate surface area is 87.2 Å². The van der Waals surface area contributed by atoms with E-state index in [1.807, 2.05) is 0 Å². The Morgan fingerprint density at radius 1 is 1.67 bits per heavy atom. The van der Waals surface area contributed by atoms with Crippen LogP contribution in [0.15, 0.2) is 33.5 Å². The van der Waals surface area contributed by atoms with E-state index in [1.165, 1.54) is 6.08 Å². The highest BCUT2D eigenvalue weighted by atomic mass is 79.9. The van der Waals surface area contributed by atoms with Crippen LogP contribution in [0.25, 0.3) is 0 Å². The quantitative estimate of drug-likeness (QED) is 0.578. The fourth-order valence-electron chi connectivity index (χ4n) is 0.870. The summed E-state index contributed by atoms with van der Waals surface area (Å²) in [5, 5.41) is 0. The smallest absolute Gasteiger partial charge is 0.336 e. The van der Waals surface area contributed by atoms with Crippen LogP contribution >= 0.6 is 31.9 Å². The highest BCUT2D eigenvalue weighted by Gasteiger charge is 2.20. The third kappa shape index (κ3) is 2.08. The SMILES string of the molecule is C=CCC1=CC(=O)OC1=C(Br)Br. The zero-order valence-corrected chi connectivity index (χ0v) is 9.31. The number of ether oxygens (including phenoxy) is 1. The minimum atomic E-state index is -0.335. The van der Waals surface area contributed by atoms with Crippen molar-refractivity contribution in [2.75, 3.05) is 0 Å². The second-order valence-corrected chi connectivity index (χ2v) is 4.82. The van der Waals surface area contributed by atoms with Crippen molar-refractivity contribution in [2.24, 2.45) is 0 Å². The molecule has 1 heterocycles. The molecule has 64 valence electrons. The molecule has 0 aromatic carbocycles. The van der Waals surface area contributed by atoms with Crippen molar-refractivity contribution in [2.45, 2.75) is 6.42 Å². The first kappa shape index (κ1) is 9.74. The Balaban J connectivity index is 2.95. The molecule has 0 aliphatic carbocycles. The first-order valence-corrected chi connectivity index (χ1v) is 4.82. The lowest BCUT2D eigenvalue weighted by atomic mass is 10.2. The summed E-state index contributed by atoms with van der Waals surface area (Å²) in [6, 6.07) is 0. The fraction of sp³-hybridized carbons (Fsp3) is 0.125. The van der Waals surface area contributed by atoms with Crippen LogP contribution in [0.2, 0.25) is 0 Å². The topological polar surface area (TPSA) is 26.3 Å². The predicted octanol–water partition coefficient (Wildman–Crippen LogP) is 3.00. The van der Waals surface area contributed by atoms with Crippen molar-refractivity contribution in [3.05, 3.63) is 33.5 Å². The van der Waals surface area contributed by atoms with Gasteiger partial charge in [-0.25, -0.2) is 4.79 Å². The van der Waals surface area contributed by atoms with E-state index in [1.54, 1.807) is 6.08 Å². The van der Waals surface area contributed by atoms with E-state index in [2.05, 4.69) is 38.4 Å². The molecule has 0 unspecified atom stereocenters. The van der Waals surface area contributed by atoms with Crippen molar-refractivity contribution >= 4 is 37.8 Å². The maximum Gasteiger partial charge on any atom is 0.336 e. The number of esters is 1. The number of hydrogen-bond donors (Lipinski definition) is 0. The Morgan fingerprint density at radius 2 is 2.33 bits per heavy atom. The number of halogens is 2. The molecule has 1 aliphatic rings. The molecular formula is C8H6Br2O2. The summed E-state index contributed by atoms with van der Waals surface area (Å²) in [7, 11) is 0. The van der Waals surface area contributed by atoms with Crippen molar-refractivity contribution in [1.29, 1.82) is 0 Å². The largest absolute Gasteiger partial charge is 0.421 e. The molecule has 0 aromatic rings. The third-order valence-electron chi connectivity index (χ3n) is 1.32. The highest BCUT2D eigenvalue weighted by Crippen LogP contribution is 2.31. The molecule has 0 radical (unpaired) electrons. The second-order valence-electron chi connectivity index (χ2n) is 2.17. The van der Waals surface area contributed by atoms with Crippen LogP contribution in [0, 0.1) is 0 Å². The van der Waals surface area contributed by atoms with E-state index in [0.717, 1.165) is 5.57 Å². The normalized spacial score (nSPS) is 15.7. The van der Waals surface area contributed by atoms with Gasteiger partial charge in [-0.15, -0.1) is 6.58 Å².